The Kier molecular flexibility index (Phi) is 7.72. The Hall–Kier alpha value is -3.36. The van der Waals surface area contributed by atoms with E-state index in [1.807, 2.05) is 48.5 Å². The summed E-state index contributed by atoms with van der Waals surface area (Å²) in [6.45, 7) is 8.97. The lowest BCUT2D eigenvalue weighted by Gasteiger charge is -2.38. The fraction of sp³-hybridized carbons (Fsp3) is 0.467. The number of nitrogens with one attached hydrogen (secondary N) is 2. The highest BCUT2D eigenvalue weighted by Crippen LogP contribution is 2.48. The molecule has 3 aliphatic rings. The molecular formula is C30H38N4O4. The van der Waals surface area contributed by atoms with E-state index in [0.717, 1.165) is 67.5 Å². The van der Waals surface area contributed by atoms with Crippen molar-refractivity contribution in [2.24, 2.45) is 5.41 Å². The monoisotopic (exact) mass is 518 g/mol. The summed E-state index contributed by atoms with van der Waals surface area (Å²) in [7, 11) is 1.64. The summed E-state index contributed by atoms with van der Waals surface area (Å²) in [5.41, 5.74) is 4.23. The first-order chi connectivity index (χ1) is 18.3. The second-order valence-corrected chi connectivity index (χ2v) is 11.1. The lowest BCUT2D eigenvalue weighted by Crippen LogP contribution is -2.45. The number of amides is 1. The Balaban J connectivity index is 1.51. The van der Waals surface area contributed by atoms with Gasteiger partial charge in [-0.2, -0.15) is 0 Å². The van der Waals surface area contributed by atoms with Gasteiger partial charge in [0.2, 0.25) is 5.91 Å². The molecule has 2 N–H and O–H groups in total. The first-order valence-electron chi connectivity index (χ1n) is 13.4. The van der Waals surface area contributed by atoms with E-state index in [4.69, 9.17) is 9.47 Å². The Bertz CT molecular complexity index is 1220. The number of allylic oxidation sites excluding steroid dienone is 1. The van der Waals surface area contributed by atoms with Crippen molar-refractivity contribution in [2.75, 3.05) is 63.3 Å². The van der Waals surface area contributed by atoms with Crippen LogP contribution in [0.25, 0.3) is 0 Å². The number of carbonyl (C=O) groups excluding carboxylic acids is 2. The molecule has 1 amide bonds. The topological polar surface area (TPSA) is 83.1 Å². The van der Waals surface area contributed by atoms with Gasteiger partial charge in [0.25, 0.3) is 0 Å². The van der Waals surface area contributed by atoms with Crippen molar-refractivity contribution in [3.63, 3.8) is 0 Å². The third kappa shape index (κ3) is 5.71. The quantitative estimate of drug-likeness (QED) is 0.578. The molecule has 0 radical (unpaired) electrons. The standard InChI is InChI=1S/C30H38N4O4/c1-30(2)18-24-28(26(35)19-30)29(21-7-6-8-22(17-21)37-3)34(25-10-5-4-9-23(25)32-24)20-27(36)31-11-12-33-13-15-38-16-14-33/h4-10,17,29,32H,11-16,18-20H2,1-3H3,(H,31,36). The minimum atomic E-state index is -0.426. The van der Waals surface area contributed by atoms with Gasteiger partial charge in [0.15, 0.2) is 5.78 Å². The van der Waals surface area contributed by atoms with Crippen LogP contribution in [-0.2, 0) is 14.3 Å². The number of carbonyl (C=O) groups is 2. The molecule has 2 aliphatic heterocycles. The molecule has 38 heavy (non-hydrogen) atoms. The van der Waals surface area contributed by atoms with Crippen molar-refractivity contribution in [1.29, 1.82) is 0 Å². The van der Waals surface area contributed by atoms with Crippen LogP contribution in [0.5, 0.6) is 5.75 Å². The minimum absolute atomic E-state index is 0.0754. The molecular weight excluding hydrogens is 480 g/mol. The predicted molar refractivity (Wildman–Crippen MR) is 148 cm³/mol. The molecule has 1 aliphatic carbocycles. The number of hydrogen-bond donors (Lipinski definition) is 2. The normalized spacial score (nSPS) is 21.2. The summed E-state index contributed by atoms with van der Waals surface area (Å²) < 4.78 is 11.0. The second-order valence-electron chi connectivity index (χ2n) is 11.1. The van der Waals surface area contributed by atoms with Crippen LogP contribution in [0.1, 0.15) is 38.3 Å². The maximum Gasteiger partial charge on any atom is 0.239 e. The van der Waals surface area contributed by atoms with Gasteiger partial charge in [-0.3, -0.25) is 14.5 Å². The van der Waals surface area contributed by atoms with Crippen molar-refractivity contribution in [2.45, 2.75) is 32.7 Å². The largest absolute Gasteiger partial charge is 0.497 e. The molecule has 8 heteroatoms. The van der Waals surface area contributed by atoms with Gasteiger partial charge >= 0.3 is 0 Å². The number of morpholine rings is 1. The Morgan fingerprint density at radius 2 is 1.92 bits per heavy atom. The van der Waals surface area contributed by atoms with Crippen molar-refractivity contribution >= 4 is 23.1 Å². The Morgan fingerprint density at radius 1 is 1.13 bits per heavy atom. The summed E-state index contributed by atoms with van der Waals surface area (Å²) in [5.74, 6) is 0.754. The van der Waals surface area contributed by atoms with Gasteiger partial charge in [0.1, 0.15) is 5.75 Å². The van der Waals surface area contributed by atoms with E-state index < -0.39 is 6.04 Å². The number of fused-ring (bicyclic) bond motifs is 1. The third-order valence-corrected chi connectivity index (χ3v) is 7.58. The average molecular weight is 519 g/mol. The van der Waals surface area contributed by atoms with Gasteiger partial charge in [-0.15, -0.1) is 0 Å². The zero-order valence-corrected chi connectivity index (χ0v) is 22.6. The fourth-order valence-corrected chi connectivity index (χ4v) is 5.77. The zero-order chi connectivity index (χ0) is 26.7. The van der Waals surface area contributed by atoms with Gasteiger partial charge in [-0.05, 0) is 41.7 Å². The molecule has 0 saturated carbocycles. The lowest BCUT2D eigenvalue weighted by atomic mass is 9.73. The maximum atomic E-state index is 13.8. The predicted octanol–water partition coefficient (Wildman–Crippen LogP) is 3.76. The second kappa shape index (κ2) is 11.2. The number of nitrogens with zero attached hydrogens (tertiary/aromatic N) is 2. The molecule has 0 bridgehead atoms. The molecule has 2 aromatic carbocycles. The molecule has 0 spiro atoms. The van der Waals surface area contributed by atoms with Crippen LogP contribution in [0.3, 0.4) is 0 Å². The fourth-order valence-electron chi connectivity index (χ4n) is 5.77. The number of ketones is 1. The van der Waals surface area contributed by atoms with E-state index in [2.05, 4.69) is 34.3 Å². The minimum Gasteiger partial charge on any atom is -0.497 e. The van der Waals surface area contributed by atoms with Gasteiger partial charge in [0.05, 0.1) is 44.3 Å². The third-order valence-electron chi connectivity index (χ3n) is 7.58. The molecule has 1 atom stereocenters. The highest BCUT2D eigenvalue weighted by molar-refractivity contribution is 6.01. The van der Waals surface area contributed by atoms with Gasteiger partial charge in [-0.1, -0.05) is 38.1 Å². The number of para-hydroxylation sites is 2. The number of Topliss-reactive ketones (excluding diaryl/α,β-unsaturated/α-hetero) is 1. The van der Waals surface area contributed by atoms with E-state index in [9.17, 15) is 9.59 Å². The zero-order valence-electron chi connectivity index (χ0n) is 22.6. The molecule has 1 fully saturated rings. The highest BCUT2D eigenvalue weighted by atomic mass is 16.5. The van der Waals surface area contributed by atoms with E-state index in [0.29, 0.717) is 18.7 Å². The number of methoxy groups -OCH3 is 1. The van der Waals surface area contributed by atoms with E-state index in [1.54, 1.807) is 7.11 Å². The summed E-state index contributed by atoms with van der Waals surface area (Å²) in [6, 6.07) is 15.4. The van der Waals surface area contributed by atoms with Gasteiger partial charge in [0, 0.05) is 43.9 Å². The van der Waals surface area contributed by atoms with Crippen LogP contribution in [0, 0.1) is 5.41 Å². The molecule has 0 aromatic heterocycles. The number of benzene rings is 2. The van der Waals surface area contributed by atoms with Crippen LogP contribution in [-0.4, -0.2) is 69.6 Å². The molecule has 1 saturated heterocycles. The molecule has 202 valence electrons. The summed E-state index contributed by atoms with van der Waals surface area (Å²) in [4.78, 5) is 31.5. The molecule has 5 rings (SSSR count). The van der Waals surface area contributed by atoms with E-state index in [1.165, 1.54) is 0 Å². The van der Waals surface area contributed by atoms with Crippen LogP contribution < -0.4 is 20.3 Å². The van der Waals surface area contributed by atoms with Crippen molar-refractivity contribution in [3.8, 4) is 5.75 Å². The van der Waals surface area contributed by atoms with E-state index >= 15 is 0 Å². The van der Waals surface area contributed by atoms with Crippen LogP contribution >= 0.6 is 0 Å². The maximum absolute atomic E-state index is 13.8. The summed E-state index contributed by atoms with van der Waals surface area (Å²) in [6.07, 6.45) is 1.21. The smallest absolute Gasteiger partial charge is 0.239 e. The average Bonchev–Trinajstić information content (AvgIpc) is 3.03. The number of rotatable bonds is 7. The highest BCUT2D eigenvalue weighted by Gasteiger charge is 2.42. The summed E-state index contributed by atoms with van der Waals surface area (Å²) in [5, 5.41) is 6.71. The van der Waals surface area contributed by atoms with Crippen molar-refractivity contribution < 1.29 is 19.1 Å². The molecule has 2 aromatic rings. The Morgan fingerprint density at radius 3 is 2.71 bits per heavy atom. The lowest BCUT2D eigenvalue weighted by molar-refractivity contribution is -0.120. The van der Waals surface area contributed by atoms with Gasteiger partial charge in [-0.25, -0.2) is 0 Å². The molecule has 2 heterocycles. The number of ether oxygens (including phenoxy) is 2. The van der Waals surface area contributed by atoms with Crippen LogP contribution in [0.2, 0.25) is 0 Å². The number of hydrogen-bond acceptors (Lipinski definition) is 7. The number of anilines is 2. The van der Waals surface area contributed by atoms with E-state index in [-0.39, 0.29) is 23.7 Å². The van der Waals surface area contributed by atoms with Crippen molar-refractivity contribution in [1.82, 2.24) is 10.2 Å². The Labute approximate surface area is 225 Å². The van der Waals surface area contributed by atoms with Crippen LogP contribution in [0.4, 0.5) is 11.4 Å². The summed E-state index contributed by atoms with van der Waals surface area (Å²) >= 11 is 0. The first kappa shape index (κ1) is 26.3. The molecule has 1 unspecified atom stereocenters. The first-order valence-corrected chi connectivity index (χ1v) is 13.4. The molecule has 8 nitrogen and oxygen atoms in total. The van der Waals surface area contributed by atoms with Gasteiger partial charge < -0.3 is 25.0 Å². The van der Waals surface area contributed by atoms with Crippen LogP contribution in [0.15, 0.2) is 59.8 Å². The van der Waals surface area contributed by atoms with Crippen molar-refractivity contribution in [3.05, 3.63) is 65.4 Å². The SMILES string of the molecule is COc1cccc(C2C3=C(CC(C)(C)CC3=O)Nc3ccccc3N2CC(=O)NCCN2CCOCC2)c1.